The molecule has 1 aliphatic rings. The van der Waals surface area contributed by atoms with Crippen LogP contribution in [0.1, 0.15) is 57.7 Å². The van der Waals surface area contributed by atoms with E-state index < -0.39 is 0 Å². The molecule has 0 bridgehead atoms. The molecular weight excluding hydrogens is 386 g/mol. The first-order valence-corrected chi connectivity index (χ1v) is 11.0. The van der Waals surface area contributed by atoms with Gasteiger partial charge >= 0.3 is 0 Å². The van der Waals surface area contributed by atoms with E-state index in [4.69, 9.17) is 0 Å². The van der Waals surface area contributed by atoms with Gasteiger partial charge in [0.15, 0.2) is 0 Å². The van der Waals surface area contributed by atoms with Crippen LogP contribution in [0.25, 0.3) is 0 Å². The van der Waals surface area contributed by atoms with Crippen LogP contribution < -0.4 is 10.6 Å². The molecule has 29 heavy (non-hydrogen) atoms. The number of thiophene rings is 1. The van der Waals surface area contributed by atoms with Crippen LogP contribution in [0.3, 0.4) is 0 Å². The van der Waals surface area contributed by atoms with E-state index in [1.165, 1.54) is 17.8 Å². The van der Waals surface area contributed by atoms with Crippen molar-refractivity contribution in [2.24, 2.45) is 0 Å². The van der Waals surface area contributed by atoms with Gasteiger partial charge in [0, 0.05) is 38.2 Å². The van der Waals surface area contributed by atoms with Gasteiger partial charge in [-0.3, -0.25) is 14.4 Å². The lowest BCUT2D eigenvalue weighted by Gasteiger charge is -2.26. The normalized spacial score (nSPS) is 13.7. The number of nitrogens with one attached hydrogen (secondary N) is 2. The van der Waals surface area contributed by atoms with Crippen LogP contribution in [0.2, 0.25) is 0 Å². The predicted octanol–water partition coefficient (Wildman–Crippen LogP) is 3.20. The molecule has 0 spiro atoms. The monoisotopic (exact) mass is 413 g/mol. The van der Waals surface area contributed by atoms with E-state index in [0.717, 1.165) is 31.5 Å². The number of nitrogens with zero attached hydrogens (tertiary/aromatic N) is 1. The molecule has 2 N–H and O–H groups in total. The van der Waals surface area contributed by atoms with Crippen molar-refractivity contribution in [1.29, 1.82) is 0 Å². The summed E-state index contributed by atoms with van der Waals surface area (Å²) in [4.78, 5) is 39.1. The lowest BCUT2D eigenvalue weighted by molar-refractivity contribution is -0.121. The van der Waals surface area contributed by atoms with Crippen molar-refractivity contribution in [1.82, 2.24) is 15.5 Å². The van der Waals surface area contributed by atoms with Gasteiger partial charge in [-0.1, -0.05) is 18.2 Å². The molecule has 1 saturated heterocycles. The van der Waals surface area contributed by atoms with Gasteiger partial charge < -0.3 is 15.5 Å². The molecule has 6 nitrogen and oxygen atoms in total. The zero-order valence-electron chi connectivity index (χ0n) is 16.5. The Labute approximate surface area is 175 Å². The van der Waals surface area contributed by atoms with Crippen molar-refractivity contribution in [3.63, 3.8) is 0 Å². The number of carbonyl (C=O) groups excluding carboxylic acids is 3. The highest BCUT2D eigenvalue weighted by atomic mass is 32.1. The van der Waals surface area contributed by atoms with Crippen LogP contribution in [0.5, 0.6) is 0 Å². The molecule has 154 valence electrons. The van der Waals surface area contributed by atoms with Crippen molar-refractivity contribution < 1.29 is 14.4 Å². The van der Waals surface area contributed by atoms with E-state index in [2.05, 4.69) is 10.6 Å². The molecule has 1 aromatic carbocycles. The molecular formula is C22H27N3O3S. The van der Waals surface area contributed by atoms with Gasteiger partial charge in [-0.25, -0.2) is 0 Å². The SMILES string of the molecule is O=C(CCCNC(=O)c1cccs1)NCc1cccc(C(=O)N2CCCCC2)c1. The quantitative estimate of drug-likeness (QED) is 0.653. The van der Waals surface area contributed by atoms with Crippen LogP contribution in [-0.4, -0.2) is 42.3 Å². The third-order valence-electron chi connectivity index (χ3n) is 4.92. The number of rotatable bonds is 8. The zero-order valence-corrected chi connectivity index (χ0v) is 17.3. The van der Waals surface area contributed by atoms with Gasteiger partial charge in [-0.05, 0) is 54.8 Å². The molecule has 0 saturated carbocycles. The van der Waals surface area contributed by atoms with Gasteiger partial charge in [0.25, 0.3) is 11.8 Å². The van der Waals surface area contributed by atoms with Crippen LogP contribution in [0.15, 0.2) is 41.8 Å². The fourth-order valence-electron chi connectivity index (χ4n) is 3.33. The third kappa shape index (κ3) is 6.42. The van der Waals surface area contributed by atoms with Crippen LogP contribution in [-0.2, 0) is 11.3 Å². The summed E-state index contributed by atoms with van der Waals surface area (Å²) in [5, 5.41) is 7.56. The first-order chi connectivity index (χ1) is 14.1. The average Bonchev–Trinajstić information content (AvgIpc) is 3.30. The smallest absolute Gasteiger partial charge is 0.261 e. The summed E-state index contributed by atoms with van der Waals surface area (Å²) >= 11 is 1.39. The second-order valence-corrected chi connectivity index (χ2v) is 8.11. The maximum absolute atomic E-state index is 12.6. The second kappa shape index (κ2) is 10.8. The predicted molar refractivity (Wildman–Crippen MR) is 114 cm³/mol. The molecule has 0 aliphatic carbocycles. The number of hydrogen-bond donors (Lipinski definition) is 2. The maximum Gasteiger partial charge on any atom is 0.261 e. The van der Waals surface area contributed by atoms with Gasteiger partial charge in [0.05, 0.1) is 4.88 Å². The minimum atomic E-state index is -0.101. The van der Waals surface area contributed by atoms with Gasteiger partial charge in [0.2, 0.25) is 5.91 Å². The Kier molecular flexibility index (Phi) is 7.81. The van der Waals surface area contributed by atoms with Crippen molar-refractivity contribution >= 4 is 29.1 Å². The Morgan fingerprint density at radius 2 is 1.83 bits per heavy atom. The molecule has 0 atom stereocenters. The molecule has 7 heteroatoms. The summed E-state index contributed by atoms with van der Waals surface area (Å²) < 4.78 is 0. The summed E-state index contributed by atoms with van der Waals surface area (Å²) in [6.45, 7) is 2.50. The Hall–Kier alpha value is -2.67. The lowest BCUT2D eigenvalue weighted by Crippen LogP contribution is -2.35. The standard InChI is InChI=1S/C22H27N3O3S/c26-20(10-5-11-23-21(27)19-9-6-14-29-19)24-16-17-7-4-8-18(15-17)22(28)25-12-2-1-3-13-25/h4,6-9,14-15H,1-3,5,10-13,16H2,(H,23,27)(H,24,26). The molecule has 0 radical (unpaired) electrons. The summed E-state index contributed by atoms with van der Waals surface area (Å²) in [6, 6.07) is 11.1. The molecule has 3 rings (SSSR count). The molecule has 2 heterocycles. The summed E-state index contributed by atoms with van der Waals surface area (Å²) in [5.74, 6) is -0.0990. The largest absolute Gasteiger partial charge is 0.352 e. The zero-order chi connectivity index (χ0) is 20.5. The Bertz CT molecular complexity index is 830. The summed E-state index contributed by atoms with van der Waals surface area (Å²) in [7, 11) is 0. The van der Waals surface area contributed by atoms with Gasteiger partial charge in [-0.2, -0.15) is 0 Å². The van der Waals surface area contributed by atoms with E-state index >= 15 is 0 Å². The number of hydrogen-bond acceptors (Lipinski definition) is 4. The highest BCUT2D eigenvalue weighted by Gasteiger charge is 2.18. The second-order valence-electron chi connectivity index (χ2n) is 7.17. The Morgan fingerprint density at radius 1 is 1.00 bits per heavy atom. The number of amides is 3. The lowest BCUT2D eigenvalue weighted by atomic mass is 10.1. The first kappa shape index (κ1) is 21.0. The van der Waals surface area contributed by atoms with Crippen LogP contribution in [0.4, 0.5) is 0 Å². The maximum atomic E-state index is 12.6. The van der Waals surface area contributed by atoms with E-state index in [0.29, 0.717) is 36.4 Å². The van der Waals surface area contributed by atoms with Crippen molar-refractivity contribution in [3.05, 3.63) is 57.8 Å². The topological polar surface area (TPSA) is 78.5 Å². The average molecular weight is 414 g/mol. The fraction of sp³-hybridized carbons (Fsp3) is 0.409. The summed E-state index contributed by atoms with van der Waals surface area (Å²) in [5.41, 5.74) is 1.59. The highest BCUT2D eigenvalue weighted by molar-refractivity contribution is 7.12. The molecule has 1 aliphatic heterocycles. The van der Waals surface area contributed by atoms with E-state index in [9.17, 15) is 14.4 Å². The Balaban J connectivity index is 1.38. The van der Waals surface area contributed by atoms with E-state index in [-0.39, 0.29) is 17.7 Å². The van der Waals surface area contributed by atoms with Crippen molar-refractivity contribution in [2.45, 2.75) is 38.6 Å². The Morgan fingerprint density at radius 3 is 2.59 bits per heavy atom. The van der Waals surface area contributed by atoms with Crippen LogP contribution >= 0.6 is 11.3 Å². The van der Waals surface area contributed by atoms with E-state index in [1.54, 1.807) is 6.07 Å². The van der Waals surface area contributed by atoms with Gasteiger partial charge in [0.1, 0.15) is 0 Å². The molecule has 0 unspecified atom stereocenters. The highest BCUT2D eigenvalue weighted by Crippen LogP contribution is 2.14. The minimum absolute atomic E-state index is 0.0665. The van der Waals surface area contributed by atoms with Crippen molar-refractivity contribution in [3.8, 4) is 0 Å². The number of carbonyl (C=O) groups is 3. The molecule has 2 aromatic rings. The number of benzene rings is 1. The molecule has 3 amide bonds. The molecule has 1 aromatic heterocycles. The summed E-state index contributed by atoms with van der Waals surface area (Å²) in [6.07, 6.45) is 4.24. The number of piperidine rings is 1. The fourth-order valence-corrected chi connectivity index (χ4v) is 3.97. The van der Waals surface area contributed by atoms with E-state index in [1.807, 2.05) is 40.6 Å². The number of likely N-dealkylation sites (tertiary alicyclic amines) is 1. The van der Waals surface area contributed by atoms with Gasteiger partial charge in [-0.15, -0.1) is 11.3 Å². The van der Waals surface area contributed by atoms with Crippen molar-refractivity contribution in [2.75, 3.05) is 19.6 Å². The van der Waals surface area contributed by atoms with Crippen LogP contribution in [0, 0.1) is 0 Å². The first-order valence-electron chi connectivity index (χ1n) is 10.1. The third-order valence-corrected chi connectivity index (χ3v) is 5.79. The minimum Gasteiger partial charge on any atom is -0.352 e. The molecule has 1 fully saturated rings.